The van der Waals surface area contributed by atoms with Crippen molar-refractivity contribution in [3.8, 4) is 0 Å². The lowest BCUT2D eigenvalue weighted by molar-refractivity contribution is -0.149. The zero-order chi connectivity index (χ0) is 14.6. The molecular weight excluding hydrogens is 250 g/mol. The Morgan fingerprint density at radius 1 is 1.35 bits per heavy atom. The topological polar surface area (TPSA) is 40.5 Å². The van der Waals surface area contributed by atoms with Crippen molar-refractivity contribution in [1.29, 1.82) is 0 Å². The van der Waals surface area contributed by atoms with E-state index in [0.717, 1.165) is 38.8 Å². The van der Waals surface area contributed by atoms with Crippen LogP contribution in [0.1, 0.15) is 44.2 Å². The summed E-state index contributed by atoms with van der Waals surface area (Å²) in [5, 5.41) is 9.53. The maximum Gasteiger partial charge on any atom is 0.310 e. The van der Waals surface area contributed by atoms with E-state index < -0.39 is 11.4 Å². The molecule has 0 saturated heterocycles. The van der Waals surface area contributed by atoms with Gasteiger partial charge in [-0.1, -0.05) is 37.6 Å². The summed E-state index contributed by atoms with van der Waals surface area (Å²) < 4.78 is 0. The van der Waals surface area contributed by atoms with Crippen LogP contribution in [0.25, 0.3) is 0 Å². The second-order valence-electron chi connectivity index (χ2n) is 6.20. The van der Waals surface area contributed by atoms with E-state index in [2.05, 4.69) is 36.1 Å². The molecule has 0 spiro atoms. The Hall–Kier alpha value is -1.35. The third kappa shape index (κ3) is 3.40. The highest BCUT2D eigenvalue weighted by Crippen LogP contribution is 2.28. The average molecular weight is 275 g/mol. The Bertz CT molecular complexity index is 472. The molecule has 1 aliphatic rings. The first-order chi connectivity index (χ1) is 9.55. The van der Waals surface area contributed by atoms with Crippen molar-refractivity contribution in [2.24, 2.45) is 5.41 Å². The summed E-state index contributed by atoms with van der Waals surface area (Å²) in [6.07, 6.45) is 3.86. The normalized spacial score (nSPS) is 18.9. The van der Waals surface area contributed by atoms with Gasteiger partial charge in [0.1, 0.15) is 0 Å². The minimum Gasteiger partial charge on any atom is -0.481 e. The van der Waals surface area contributed by atoms with Crippen LogP contribution in [-0.2, 0) is 17.8 Å². The molecule has 20 heavy (non-hydrogen) atoms. The summed E-state index contributed by atoms with van der Waals surface area (Å²) >= 11 is 0. The third-order valence-corrected chi connectivity index (χ3v) is 4.32. The molecule has 2 rings (SSSR count). The van der Waals surface area contributed by atoms with Gasteiger partial charge in [-0.3, -0.25) is 9.69 Å². The van der Waals surface area contributed by atoms with Crippen LogP contribution in [0.4, 0.5) is 0 Å². The third-order valence-electron chi connectivity index (χ3n) is 4.32. The fourth-order valence-electron chi connectivity index (χ4n) is 3.20. The second-order valence-corrected chi connectivity index (χ2v) is 6.20. The number of carbonyl (C=O) groups is 1. The monoisotopic (exact) mass is 275 g/mol. The molecule has 0 radical (unpaired) electrons. The highest BCUT2D eigenvalue weighted by atomic mass is 16.4. The van der Waals surface area contributed by atoms with Crippen molar-refractivity contribution in [2.45, 2.75) is 46.1 Å². The first kappa shape index (κ1) is 15.0. The molecule has 1 aliphatic heterocycles. The van der Waals surface area contributed by atoms with Crippen molar-refractivity contribution in [3.63, 3.8) is 0 Å². The lowest BCUT2D eigenvalue weighted by Crippen LogP contribution is -2.41. The molecule has 1 unspecified atom stereocenters. The van der Waals surface area contributed by atoms with Crippen molar-refractivity contribution < 1.29 is 9.90 Å². The van der Waals surface area contributed by atoms with Crippen LogP contribution < -0.4 is 0 Å². The zero-order valence-electron chi connectivity index (χ0n) is 12.6. The van der Waals surface area contributed by atoms with E-state index in [1.807, 2.05) is 6.92 Å². The zero-order valence-corrected chi connectivity index (χ0v) is 12.6. The molecule has 0 fully saturated rings. The molecule has 1 aromatic rings. The second kappa shape index (κ2) is 6.40. The molecule has 0 aliphatic carbocycles. The van der Waals surface area contributed by atoms with Crippen LogP contribution in [0.5, 0.6) is 0 Å². The number of carboxylic acid groups (broad SMARTS) is 1. The minimum atomic E-state index is -0.670. The highest BCUT2D eigenvalue weighted by molar-refractivity contribution is 5.74. The fourth-order valence-corrected chi connectivity index (χ4v) is 3.20. The van der Waals surface area contributed by atoms with E-state index in [-0.39, 0.29) is 0 Å². The lowest BCUT2D eigenvalue weighted by Gasteiger charge is -2.31. The van der Waals surface area contributed by atoms with Crippen LogP contribution in [0.3, 0.4) is 0 Å². The Labute approximate surface area is 121 Å². The van der Waals surface area contributed by atoms with E-state index in [1.54, 1.807) is 0 Å². The summed E-state index contributed by atoms with van der Waals surface area (Å²) in [5.74, 6) is -0.670. The standard InChI is InChI=1S/C17H25NO2/c1-3-10-17(2,16(19)20)13-18-11-6-9-14-7-4-5-8-15(14)12-18/h4-5,7-8H,3,6,9-13H2,1-2H3,(H,19,20). The number of benzene rings is 1. The van der Waals surface area contributed by atoms with E-state index in [1.165, 1.54) is 11.1 Å². The molecule has 1 N–H and O–H groups in total. The molecular formula is C17H25NO2. The number of fused-ring (bicyclic) bond motifs is 1. The van der Waals surface area contributed by atoms with Gasteiger partial charge in [-0.15, -0.1) is 0 Å². The highest BCUT2D eigenvalue weighted by Gasteiger charge is 2.34. The molecule has 0 saturated carbocycles. The summed E-state index contributed by atoms with van der Waals surface area (Å²) in [6.45, 7) is 6.45. The van der Waals surface area contributed by atoms with Gasteiger partial charge in [0.05, 0.1) is 5.41 Å². The molecule has 0 aromatic heterocycles. The minimum absolute atomic E-state index is 0.631. The lowest BCUT2D eigenvalue weighted by atomic mass is 9.85. The molecule has 1 heterocycles. The van der Waals surface area contributed by atoms with Crippen molar-refractivity contribution in [2.75, 3.05) is 13.1 Å². The molecule has 0 bridgehead atoms. The van der Waals surface area contributed by atoms with Crippen LogP contribution in [0, 0.1) is 5.41 Å². The quantitative estimate of drug-likeness (QED) is 0.896. The van der Waals surface area contributed by atoms with Gasteiger partial charge in [-0.25, -0.2) is 0 Å². The maximum absolute atomic E-state index is 11.6. The Morgan fingerprint density at radius 3 is 2.70 bits per heavy atom. The van der Waals surface area contributed by atoms with Crippen LogP contribution in [0.15, 0.2) is 24.3 Å². The number of rotatable bonds is 5. The van der Waals surface area contributed by atoms with Crippen LogP contribution in [0.2, 0.25) is 0 Å². The Morgan fingerprint density at radius 2 is 2.05 bits per heavy atom. The summed E-state index contributed by atoms with van der Waals surface area (Å²) in [5.41, 5.74) is 2.14. The maximum atomic E-state index is 11.6. The van der Waals surface area contributed by atoms with Gasteiger partial charge >= 0.3 is 5.97 Å². The van der Waals surface area contributed by atoms with Gasteiger partial charge in [0, 0.05) is 13.1 Å². The summed E-state index contributed by atoms with van der Waals surface area (Å²) in [6, 6.07) is 8.53. The van der Waals surface area contributed by atoms with E-state index in [4.69, 9.17) is 0 Å². The molecule has 1 atom stereocenters. The number of aliphatic carboxylic acids is 1. The van der Waals surface area contributed by atoms with E-state index >= 15 is 0 Å². The molecule has 1 aromatic carbocycles. The smallest absolute Gasteiger partial charge is 0.310 e. The summed E-state index contributed by atoms with van der Waals surface area (Å²) in [7, 11) is 0. The van der Waals surface area contributed by atoms with E-state index in [0.29, 0.717) is 6.54 Å². The van der Waals surface area contributed by atoms with Gasteiger partial charge in [0.25, 0.3) is 0 Å². The average Bonchev–Trinajstić information content (AvgIpc) is 2.60. The largest absolute Gasteiger partial charge is 0.481 e. The van der Waals surface area contributed by atoms with Gasteiger partial charge < -0.3 is 5.11 Å². The van der Waals surface area contributed by atoms with E-state index in [9.17, 15) is 9.90 Å². The van der Waals surface area contributed by atoms with Gasteiger partial charge in [0.2, 0.25) is 0 Å². The molecule has 3 heteroatoms. The fraction of sp³-hybridized carbons (Fsp3) is 0.588. The Balaban J connectivity index is 2.12. The predicted octanol–water partition coefficient (Wildman–Crippen LogP) is 3.33. The Kier molecular flexibility index (Phi) is 4.81. The van der Waals surface area contributed by atoms with Gasteiger partial charge in [-0.05, 0) is 43.9 Å². The van der Waals surface area contributed by atoms with Crippen molar-refractivity contribution >= 4 is 5.97 Å². The molecule has 0 amide bonds. The van der Waals surface area contributed by atoms with Crippen molar-refractivity contribution in [3.05, 3.63) is 35.4 Å². The number of hydrogen-bond acceptors (Lipinski definition) is 2. The summed E-state index contributed by atoms with van der Waals surface area (Å²) in [4.78, 5) is 13.9. The van der Waals surface area contributed by atoms with Crippen LogP contribution >= 0.6 is 0 Å². The number of hydrogen-bond donors (Lipinski definition) is 1. The van der Waals surface area contributed by atoms with Gasteiger partial charge in [0.15, 0.2) is 0 Å². The molecule has 110 valence electrons. The first-order valence-electron chi connectivity index (χ1n) is 7.58. The number of nitrogens with zero attached hydrogens (tertiary/aromatic N) is 1. The molecule has 3 nitrogen and oxygen atoms in total. The number of carboxylic acids is 1. The number of aryl methyl sites for hydroxylation is 1. The first-order valence-corrected chi connectivity index (χ1v) is 7.58. The predicted molar refractivity (Wildman–Crippen MR) is 80.7 cm³/mol. The SMILES string of the molecule is CCCC(C)(CN1CCCc2ccccc2C1)C(=O)O. The van der Waals surface area contributed by atoms with Crippen molar-refractivity contribution in [1.82, 2.24) is 4.90 Å². The van der Waals surface area contributed by atoms with Crippen LogP contribution in [-0.4, -0.2) is 29.1 Å². The van der Waals surface area contributed by atoms with Gasteiger partial charge in [-0.2, -0.15) is 0 Å².